The maximum Gasteiger partial charge on any atom is 0.310 e. The summed E-state index contributed by atoms with van der Waals surface area (Å²) in [4.78, 5) is 23.6. The van der Waals surface area contributed by atoms with E-state index in [9.17, 15) is 18.0 Å². The molecule has 0 atom stereocenters. The number of carbonyl (C=O) groups is 2. The molecule has 1 heterocycles. The quantitative estimate of drug-likeness (QED) is 0.710. The van der Waals surface area contributed by atoms with Crippen LogP contribution in [0.2, 0.25) is 0 Å². The zero-order valence-electron chi connectivity index (χ0n) is 13.7. The third kappa shape index (κ3) is 5.38. The SMILES string of the molecule is CNS(=O)(=O)c1cc(NC(=O)COC(=O)Cc2ccsc2)ccc1C. The molecule has 0 saturated carbocycles. The Kier molecular flexibility index (Phi) is 6.29. The minimum Gasteiger partial charge on any atom is -0.455 e. The van der Waals surface area contributed by atoms with Crippen LogP contribution in [-0.2, 0) is 30.8 Å². The lowest BCUT2D eigenvalue weighted by Gasteiger charge is -2.10. The third-order valence-electron chi connectivity index (χ3n) is 3.32. The second kappa shape index (κ2) is 8.24. The monoisotopic (exact) mass is 382 g/mol. The van der Waals surface area contributed by atoms with Gasteiger partial charge in [-0.15, -0.1) is 0 Å². The van der Waals surface area contributed by atoms with Gasteiger partial charge in [0.15, 0.2) is 6.61 Å². The molecule has 0 aliphatic carbocycles. The largest absolute Gasteiger partial charge is 0.455 e. The van der Waals surface area contributed by atoms with Gasteiger partial charge in [-0.3, -0.25) is 9.59 Å². The Morgan fingerprint density at radius 1 is 1.24 bits per heavy atom. The molecule has 7 nitrogen and oxygen atoms in total. The summed E-state index contributed by atoms with van der Waals surface area (Å²) in [6, 6.07) is 6.33. The predicted octanol–water partition coefficient (Wildman–Crippen LogP) is 1.69. The number of benzene rings is 1. The number of esters is 1. The van der Waals surface area contributed by atoms with Crippen LogP contribution in [0.5, 0.6) is 0 Å². The van der Waals surface area contributed by atoms with Crippen LogP contribution in [-0.4, -0.2) is 33.9 Å². The molecule has 0 aliphatic heterocycles. The average molecular weight is 382 g/mol. The molecule has 25 heavy (non-hydrogen) atoms. The van der Waals surface area contributed by atoms with Gasteiger partial charge in [0.25, 0.3) is 5.91 Å². The fraction of sp³-hybridized carbons (Fsp3) is 0.250. The van der Waals surface area contributed by atoms with Gasteiger partial charge in [0.05, 0.1) is 11.3 Å². The van der Waals surface area contributed by atoms with Crippen molar-refractivity contribution >= 4 is 38.9 Å². The molecular formula is C16H18N2O5S2. The molecule has 1 amide bonds. The highest BCUT2D eigenvalue weighted by atomic mass is 32.2. The summed E-state index contributed by atoms with van der Waals surface area (Å²) in [5.74, 6) is -1.05. The molecule has 0 unspecified atom stereocenters. The van der Waals surface area contributed by atoms with Crippen LogP contribution in [0.3, 0.4) is 0 Å². The molecule has 0 radical (unpaired) electrons. The van der Waals surface area contributed by atoms with Crippen molar-refractivity contribution in [3.05, 3.63) is 46.2 Å². The Labute approximate surface area is 150 Å². The van der Waals surface area contributed by atoms with Crippen molar-refractivity contribution in [1.82, 2.24) is 4.72 Å². The number of thiophene rings is 1. The number of anilines is 1. The van der Waals surface area contributed by atoms with Crippen molar-refractivity contribution in [1.29, 1.82) is 0 Å². The van der Waals surface area contributed by atoms with Crippen molar-refractivity contribution in [2.75, 3.05) is 19.0 Å². The molecule has 9 heteroatoms. The van der Waals surface area contributed by atoms with Gasteiger partial charge in [-0.2, -0.15) is 11.3 Å². The van der Waals surface area contributed by atoms with E-state index in [1.165, 1.54) is 24.5 Å². The number of amides is 1. The van der Waals surface area contributed by atoms with Gasteiger partial charge in [-0.25, -0.2) is 13.1 Å². The minimum atomic E-state index is -3.63. The van der Waals surface area contributed by atoms with Crippen molar-refractivity contribution < 1.29 is 22.7 Å². The van der Waals surface area contributed by atoms with Crippen LogP contribution in [0, 0.1) is 6.92 Å². The van der Waals surface area contributed by atoms with Gasteiger partial charge in [0.2, 0.25) is 10.0 Å². The van der Waals surface area contributed by atoms with E-state index in [-0.39, 0.29) is 11.3 Å². The highest BCUT2D eigenvalue weighted by Gasteiger charge is 2.16. The van der Waals surface area contributed by atoms with Crippen LogP contribution >= 0.6 is 11.3 Å². The second-order valence-corrected chi connectivity index (χ2v) is 7.84. The highest BCUT2D eigenvalue weighted by molar-refractivity contribution is 7.89. The number of nitrogens with one attached hydrogen (secondary N) is 2. The number of sulfonamides is 1. The first-order valence-corrected chi connectivity index (χ1v) is 9.75. The van der Waals surface area contributed by atoms with Gasteiger partial charge in [-0.1, -0.05) is 6.07 Å². The lowest BCUT2D eigenvalue weighted by Crippen LogP contribution is -2.23. The van der Waals surface area contributed by atoms with Crippen LogP contribution in [0.4, 0.5) is 5.69 Å². The summed E-state index contributed by atoms with van der Waals surface area (Å²) in [7, 11) is -2.32. The Morgan fingerprint density at radius 3 is 2.64 bits per heavy atom. The van der Waals surface area contributed by atoms with Gasteiger partial charge >= 0.3 is 5.97 Å². The smallest absolute Gasteiger partial charge is 0.310 e. The third-order valence-corrected chi connectivity index (χ3v) is 5.61. The summed E-state index contributed by atoms with van der Waals surface area (Å²) in [5, 5.41) is 6.20. The standard InChI is InChI=1S/C16H18N2O5S2/c1-11-3-4-13(8-14(11)25(21,22)17-2)18-15(19)9-23-16(20)7-12-5-6-24-10-12/h3-6,8,10,17H,7,9H2,1-2H3,(H,18,19). The molecule has 0 saturated heterocycles. The van der Waals surface area contributed by atoms with Crippen LogP contribution < -0.4 is 10.0 Å². The molecule has 0 fully saturated rings. The molecular weight excluding hydrogens is 364 g/mol. The van der Waals surface area contributed by atoms with E-state index in [4.69, 9.17) is 4.74 Å². The van der Waals surface area contributed by atoms with Gasteiger partial charge in [0.1, 0.15) is 0 Å². The minimum absolute atomic E-state index is 0.0715. The summed E-state index contributed by atoms with van der Waals surface area (Å²) < 4.78 is 31.0. The van der Waals surface area contributed by atoms with E-state index >= 15 is 0 Å². The number of rotatable bonds is 7. The lowest BCUT2D eigenvalue weighted by molar-refractivity contribution is -0.146. The normalized spacial score (nSPS) is 11.1. The van der Waals surface area contributed by atoms with Gasteiger partial charge in [-0.05, 0) is 54.1 Å². The van der Waals surface area contributed by atoms with Crippen molar-refractivity contribution in [3.63, 3.8) is 0 Å². The van der Waals surface area contributed by atoms with Crippen LogP contribution in [0.1, 0.15) is 11.1 Å². The molecule has 2 N–H and O–H groups in total. The Bertz CT molecular complexity index is 861. The summed E-state index contributed by atoms with van der Waals surface area (Å²) in [6.45, 7) is 1.22. The Balaban J connectivity index is 1.94. The number of hydrogen-bond acceptors (Lipinski definition) is 6. The van der Waals surface area contributed by atoms with E-state index < -0.39 is 28.5 Å². The van der Waals surface area contributed by atoms with Crippen LogP contribution in [0.25, 0.3) is 0 Å². The summed E-state index contributed by atoms with van der Waals surface area (Å²) >= 11 is 1.47. The second-order valence-electron chi connectivity index (χ2n) is 5.21. The van der Waals surface area contributed by atoms with E-state index in [1.54, 1.807) is 19.1 Å². The Morgan fingerprint density at radius 2 is 2.00 bits per heavy atom. The topological polar surface area (TPSA) is 102 Å². The van der Waals surface area contributed by atoms with E-state index in [1.807, 2.05) is 16.8 Å². The number of aryl methyl sites for hydroxylation is 1. The first-order valence-electron chi connectivity index (χ1n) is 7.32. The zero-order valence-corrected chi connectivity index (χ0v) is 15.4. The maximum absolute atomic E-state index is 11.9. The zero-order chi connectivity index (χ0) is 18.4. The number of carbonyl (C=O) groups excluding carboxylic acids is 2. The van der Waals surface area contributed by atoms with E-state index in [0.717, 1.165) is 5.56 Å². The summed E-state index contributed by atoms with van der Waals surface area (Å²) in [5.41, 5.74) is 1.68. The molecule has 0 bridgehead atoms. The van der Waals surface area contributed by atoms with Crippen molar-refractivity contribution in [2.45, 2.75) is 18.2 Å². The van der Waals surface area contributed by atoms with Crippen LogP contribution in [0.15, 0.2) is 39.9 Å². The maximum atomic E-state index is 11.9. The Hall–Kier alpha value is -2.23. The average Bonchev–Trinajstić information content (AvgIpc) is 3.07. The van der Waals surface area contributed by atoms with Crippen molar-refractivity contribution in [2.24, 2.45) is 0 Å². The number of hydrogen-bond donors (Lipinski definition) is 2. The molecule has 1 aromatic heterocycles. The molecule has 2 aromatic rings. The fourth-order valence-corrected chi connectivity index (χ4v) is 3.69. The molecule has 0 aliphatic rings. The molecule has 0 spiro atoms. The van der Waals surface area contributed by atoms with Gasteiger partial charge in [0, 0.05) is 5.69 Å². The van der Waals surface area contributed by atoms with E-state index in [0.29, 0.717) is 11.3 Å². The highest BCUT2D eigenvalue weighted by Crippen LogP contribution is 2.19. The fourth-order valence-electron chi connectivity index (χ4n) is 2.03. The lowest BCUT2D eigenvalue weighted by atomic mass is 10.2. The van der Waals surface area contributed by atoms with E-state index in [2.05, 4.69) is 10.0 Å². The molecule has 2 rings (SSSR count). The van der Waals surface area contributed by atoms with Crippen molar-refractivity contribution in [3.8, 4) is 0 Å². The van der Waals surface area contributed by atoms with Gasteiger partial charge < -0.3 is 10.1 Å². The predicted molar refractivity (Wildman–Crippen MR) is 95.0 cm³/mol. The number of ether oxygens (including phenoxy) is 1. The molecule has 134 valence electrons. The summed E-state index contributed by atoms with van der Waals surface area (Å²) in [6.07, 6.45) is 0.103. The first-order chi connectivity index (χ1) is 11.8. The molecule has 1 aromatic carbocycles. The first kappa shape index (κ1) is 19.1.